The van der Waals surface area contributed by atoms with E-state index >= 15 is 0 Å². The van der Waals surface area contributed by atoms with Crippen LogP contribution >= 0.6 is 0 Å². The Morgan fingerprint density at radius 1 is 0.844 bits per heavy atom. The van der Waals surface area contributed by atoms with Crippen LogP contribution < -0.4 is 0 Å². The van der Waals surface area contributed by atoms with Crippen molar-refractivity contribution in [3.63, 3.8) is 0 Å². The van der Waals surface area contributed by atoms with Crippen molar-refractivity contribution in [1.82, 2.24) is 0 Å². The smallest absolute Gasteiger partial charge is 0.272 e. The van der Waals surface area contributed by atoms with E-state index in [1.54, 1.807) is 12.1 Å². The first kappa shape index (κ1) is 28.9. The van der Waals surface area contributed by atoms with E-state index in [2.05, 4.69) is 40.7 Å². The predicted octanol–water partition coefficient (Wildman–Crippen LogP) is 8.78. The third-order valence-electron chi connectivity index (χ3n) is 6.59. The Bertz CT molecular complexity index is 737. The van der Waals surface area contributed by atoms with E-state index < -0.39 is 15.4 Å². The van der Waals surface area contributed by atoms with Crippen LogP contribution in [0.2, 0.25) is 0 Å². The molecule has 3 unspecified atom stereocenters. The summed E-state index contributed by atoms with van der Waals surface area (Å²) >= 11 is 0. The quantitative estimate of drug-likeness (QED) is 0.185. The molecule has 0 saturated heterocycles. The molecule has 1 aromatic carbocycles. The molecule has 1 aromatic rings. The maximum Gasteiger partial charge on any atom is 0.272 e. The van der Waals surface area contributed by atoms with Crippen molar-refractivity contribution in [2.75, 3.05) is 0 Å². The fraction of sp³-hybridized carbons (Fsp3) is 0.714. The summed E-state index contributed by atoms with van der Waals surface area (Å²) in [6, 6.07) is 9.00. The average Bonchev–Trinajstić information content (AvgIpc) is 2.70. The van der Waals surface area contributed by atoms with E-state index in [1.807, 2.05) is 18.2 Å². The molecule has 3 atom stereocenters. The summed E-state index contributed by atoms with van der Waals surface area (Å²) in [6.07, 6.45) is 14.9. The first-order valence-electron chi connectivity index (χ1n) is 12.8. The van der Waals surface area contributed by atoms with Crippen molar-refractivity contribution < 1.29 is 13.0 Å². The largest absolute Gasteiger partial charge is 0.285 e. The fourth-order valence-corrected chi connectivity index (χ4v) is 5.38. The Morgan fingerprint density at radius 3 is 1.91 bits per heavy atom. The van der Waals surface area contributed by atoms with Crippen molar-refractivity contribution in [3.8, 4) is 0 Å². The highest BCUT2D eigenvalue weighted by Crippen LogP contribution is 2.27. The van der Waals surface area contributed by atoms with Gasteiger partial charge in [-0.25, -0.2) is 0 Å². The number of hydrogen-bond acceptors (Lipinski definition) is 2. The van der Waals surface area contributed by atoms with E-state index in [9.17, 15) is 13.0 Å². The van der Waals surface area contributed by atoms with Gasteiger partial charge in [-0.3, -0.25) is 4.55 Å². The van der Waals surface area contributed by atoms with Gasteiger partial charge in [0.25, 0.3) is 10.1 Å². The molecule has 0 spiro atoms. The third kappa shape index (κ3) is 13.4. The zero-order valence-electron chi connectivity index (χ0n) is 21.2. The second kappa shape index (κ2) is 15.7. The van der Waals surface area contributed by atoms with Gasteiger partial charge in [0.2, 0.25) is 0 Å². The lowest BCUT2D eigenvalue weighted by atomic mass is 9.91. The summed E-state index contributed by atoms with van der Waals surface area (Å²) in [5, 5.41) is -0.847. The van der Waals surface area contributed by atoms with Gasteiger partial charge >= 0.3 is 0 Å². The van der Waals surface area contributed by atoms with Crippen LogP contribution in [0, 0.1) is 17.8 Å². The SMILES string of the molecule is CC(=CCCC(c1ccccc1)S(=O)(=O)O)CCCC(C)CCCC(C)CCCC(C)C. The van der Waals surface area contributed by atoms with Gasteiger partial charge in [0.1, 0.15) is 5.25 Å². The Balaban J connectivity index is 2.25. The first-order valence-corrected chi connectivity index (χ1v) is 14.3. The molecular weight excluding hydrogens is 416 g/mol. The molecule has 32 heavy (non-hydrogen) atoms. The average molecular weight is 465 g/mol. The van der Waals surface area contributed by atoms with Gasteiger partial charge in [-0.1, -0.05) is 115 Å². The normalized spacial score (nSPS) is 15.7. The van der Waals surface area contributed by atoms with Crippen LogP contribution in [0.4, 0.5) is 0 Å². The molecule has 0 aromatic heterocycles. The Labute approximate surface area is 198 Å². The van der Waals surface area contributed by atoms with Crippen molar-refractivity contribution in [3.05, 3.63) is 47.5 Å². The van der Waals surface area contributed by atoms with Crippen molar-refractivity contribution in [1.29, 1.82) is 0 Å². The monoisotopic (exact) mass is 464 g/mol. The molecule has 0 aliphatic carbocycles. The zero-order valence-corrected chi connectivity index (χ0v) is 22.0. The van der Waals surface area contributed by atoms with Gasteiger partial charge in [-0.05, 0) is 55.9 Å². The molecule has 0 aliphatic heterocycles. The molecule has 0 aliphatic rings. The van der Waals surface area contributed by atoms with Crippen LogP contribution in [0.5, 0.6) is 0 Å². The molecule has 4 heteroatoms. The lowest BCUT2D eigenvalue weighted by Crippen LogP contribution is -2.12. The predicted molar refractivity (Wildman–Crippen MR) is 138 cm³/mol. The number of hydrogen-bond donors (Lipinski definition) is 1. The molecule has 0 bridgehead atoms. The molecule has 0 fully saturated rings. The summed E-state index contributed by atoms with van der Waals surface area (Å²) in [7, 11) is -4.10. The third-order valence-corrected chi connectivity index (χ3v) is 7.82. The molecule has 1 rings (SSSR count). The van der Waals surface area contributed by atoms with E-state index in [0.717, 1.165) is 24.2 Å². The topological polar surface area (TPSA) is 54.4 Å². The van der Waals surface area contributed by atoms with E-state index in [4.69, 9.17) is 0 Å². The molecule has 0 radical (unpaired) electrons. The number of allylic oxidation sites excluding steroid dienone is 2. The summed E-state index contributed by atoms with van der Waals surface area (Å²) in [5.41, 5.74) is 1.97. The molecule has 0 saturated carbocycles. The lowest BCUT2D eigenvalue weighted by molar-refractivity contribution is 0.389. The summed E-state index contributed by atoms with van der Waals surface area (Å²) in [4.78, 5) is 0. The summed E-state index contributed by atoms with van der Waals surface area (Å²) in [5.74, 6) is 2.45. The molecule has 184 valence electrons. The lowest BCUT2D eigenvalue weighted by Gasteiger charge is -2.15. The van der Waals surface area contributed by atoms with Crippen LogP contribution in [0.25, 0.3) is 0 Å². The Morgan fingerprint density at radius 2 is 1.38 bits per heavy atom. The molecule has 1 N–H and O–H groups in total. The first-order chi connectivity index (χ1) is 15.1. The Kier molecular flexibility index (Phi) is 14.1. The van der Waals surface area contributed by atoms with Gasteiger partial charge in [-0.15, -0.1) is 0 Å². The number of rotatable bonds is 17. The van der Waals surface area contributed by atoms with Gasteiger partial charge in [0.15, 0.2) is 0 Å². The molecule has 0 amide bonds. The standard InChI is InChI=1S/C28H48O3S/c1-23(2)13-9-14-24(3)15-10-16-25(4)17-11-18-26(5)19-12-22-28(32(29,30)31)27-20-7-6-8-21-27/h6-8,19-21,23-25,28H,9-18,22H2,1-5H3,(H,29,30,31). The molecule has 3 nitrogen and oxygen atoms in total. The fourth-order valence-electron chi connectivity index (χ4n) is 4.45. The Hall–Kier alpha value is -1.13. The van der Waals surface area contributed by atoms with Crippen LogP contribution in [-0.4, -0.2) is 13.0 Å². The van der Waals surface area contributed by atoms with Crippen LogP contribution in [-0.2, 0) is 10.1 Å². The van der Waals surface area contributed by atoms with E-state index in [1.165, 1.54) is 56.9 Å². The van der Waals surface area contributed by atoms with Crippen molar-refractivity contribution >= 4 is 10.1 Å². The highest BCUT2D eigenvalue weighted by Gasteiger charge is 2.23. The highest BCUT2D eigenvalue weighted by atomic mass is 32.2. The van der Waals surface area contributed by atoms with Crippen molar-refractivity contribution in [2.45, 2.75) is 110 Å². The van der Waals surface area contributed by atoms with Crippen molar-refractivity contribution in [2.24, 2.45) is 17.8 Å². The summed E-state index contributed by atoms with van der Waals surface area (Å²) < 4.78 is 33.2. The minimum Gasteiger partial charge on any atom is -0.285 e. The van der Waals surface area contributed by atoms with Crippen LogP contribution in [0.1, 0.15) is 116 Å². The van der Waals surface area contributed by atoms with Crippen LogP contribution in [0.15, 0.2) is 42.0 Å². The second-order valence-corrected chi connectivity index (χ2v) is 12.0. The van der Waals surface area contributed by atoms with Crippen LogP contribution in [0.3, 0.4) is 0 Å². The van der Waals surface area contributed by atoms with E-state index in [-0.39, 0.29) is 0 Å². The molecule has 0 heterocycles. The maximum atomic E-state index is 11.8. The zero-order chi connectivity index (χ0) is 24.0. The number of benzene rings is 1. The summed E-state index contributed by atoms with van der Waals surface area (Å²) in [6.45, 7) is 11.5. The van der Waals surface area contributed by atoms with Gasteiger partial charge < -0.3 is 0 Å². The minimum atomic E-state index is -4.10. The van der Waals surface area contributed by atoms with Gasteiger partial charge in [-0.2, -0.15) is 8.42 Å². The highest BCUT2D eigenvalue weighted by molar-refractivity contribution is 7.86. The molecular formula is C28H48O3S. The minimum absolute atomic E-state index is 0.409. The van der Waals surface area contributed by atoms with E-state index in [0.29, 0.717) is 18.4 Å². The maximum absolute atomic E-state index is 11.8. The second-order valence-electron chi connectivity index (χ2n) is 10.4. The van der Waals surface area contributed by atoms with Gasteiger partial charge in [0, 0.05) is 0 Å². The van der Waals surface area contributed by atoms with Gasteiger partial charge in [0.05, 0.1) is 0 Å².